The first-order valence-electron chi connectivity index (χ1n) is 7.44. The van der Waals surface area contributed by atoms with E-state index in [0.29, 0.717) is 0 Å². The zero-order valence-electron chi connectivity index (χ0n) is 12.2. The van der Waals surface area contributed by atoms with E-state index < -0.39 is 0 Å². The van der Waals surface area contributed by atoms with Gasteiger partial charge in [0.15, 0.2) is 0 Å². The maximum absolute atomic E-state index is 12.1. The van der Waals surface area contributed by atoms with Crippen LogP contribution in [0, 0.1) is 0 Å². The number of nitrogens with one attached hydrogen (secondary N) is 1. The van der Waals surface area contributed by atoms with Gasteiger partial charge in [-0.3, -0.25) is 4.79 Å². The first kappa shape index (κ1) is 13.9. The van der Waals surface area contributed by atoms with E-state index in [0.717, 1.165) is 54.0 Å². The van der Waals surface area contributed by atoms with Gasteiger partial charge in [0.25, 0.3) is 5.91 Å². The normalized spacial score (nSPS) is 16.0. The van der Waals surface area contributed by atoms with E-state index in [1.165, 1.54) is 0 Å². The van der Waals surface area contributed by atoms with Crippen LogP contribution in [0.2, 0.25) is 0 Å². The molecule has 2 aromatic rings. The third-order valence-electron chi connectivity index (χ3n) is 3.98. The second kappa shape index (κ2) is 5.74. The van der Waals surface area contributed by atoms with Crippen molar-refractivity contribution in [3.8, 4) is 0 Å². The predicted octanol–water partition coefficient (Wildman–Crippen LogP) is 2.57. The number of hydrogen-bond acceptors (Lipinski definition) is 3. The maximum atomic E-state index is 12.1. The molecule has 1 aliphatic heterocycles. The predicted molar refractivity (Wildman–Crippen MR) is 81.2 cm³/mol. The number of furan rings is 1. The molecule has 110 valence electrons. The van der Waals surface area contributed by atoms with Gasteiger partial charge in [-0.25, -0.2) is 0 Å². The van der Waals surface area contributed by atoms with Crippen LogP contribution in [-0.4, -0.2) is 12.5 Å². The van der Waals surface area contributed by atoms with Crippen molar-refractivity contribution in [2.75, 3.05) is 6.54 Å². The smallest absolute Gasteiger partial charge is 0.251 e. The van der Waals surface area contributed by atoms with E-state index in [9.17, 15) is 4.79 Å². The van der Waals surface area contributed by atoms with Crippen LogP contribution in [0.1, 0.15) is 52.4 Å². The summed E-state index contributed by atoms with van der Waals surface area (Å²) in [4.78, 5) is 12.1. The topological polar surface area (TPSA) is 68.3 Å². The molecule has 0 spiro atoms. The highest BCUT2D eigenvalue weighted by Crippen LogP contribution is 2.25. The second-order valence-corrected chi connectivity index (χ2v) is 5.41. The van der Waals surface area contributed by atoms with Gasteiger partial charge in [0, 0.05) is 18.5 Å². The molecule has 3 N–H and O–H groups in total. The summed E-state index contributed by atoms with van der Waals surface area (Å²) in [6.07, 6.45) is 2.74. The van der Waals surface area contributed by atoms with Gasteiger partial charge in [-0.15, -0.1) is 0 Å². The summed E-state index contributed by atoms with van der Waals surface area (Å²) in [6, 6.07) is 9.43. The molecule has 4 heteroatoms. The van der Waals surface area contributed by atoms with Gasteiger partial charge in [0.1, 0.15) is 11.5 Å². The summed E-state index contributed by atoms with van der Waals surface area (Å²) in [5, 5.41) is 2.92. The SMILES string of the molecule is CCc1ccc(C(N)c2ccc3c(c2)C(=O)NCCC3)o1. The number of benzene rings is 1. The van der Waals surface area contributed by atoms with Gasteiger partial charge in [-0.1, -0.05) is 19.1 Å². The number of nitrogens with two attached hydrogens (primary N) is 1. The highest BCUT2D eigenvalue weighted by molar-refractivity contribution is 5.96. The summed E-state index contributed by atoms with van der Waals surface area (Å²) in [5.41, 5.74) is 9.01. The molecule has 3 rings (SSSR count). The molecule has 4 nitrogen and oxygen atoms in total. The molecule has 1 amide bonds. The molecule has 0 saturated carbocycles. The molecule has 2 heterocycles. The van der Waals surface area contributed by atoms with Crippen LogP contribution in [0.25, 0.3) is 0 Å². The Morgan fingerprint density at radius 3 is 2.95 bits per heavy atom. The van der Waals surface area contributed by atoms with Gasteiger partial charge in [-0.2, -0.15) is 0 Å². The molecule has 0 bridgehead atoms. The minimum Gasteiger partial charge on any atom is -0.464 e. The van der Waals surface area contributed by atoms with Crippen molar-refractivity contribution in [2.45, 2.75) is 32.2 Å². The number of hydrogen-bond donors (Lipinski definition) is 2. The van der Waals surface area contributed by atoms with Crippen molar-refractivity contribution in [2.24, 2.45) is 5.73 Å². The van der Waals surface area contributed by atoms with Crippen LogP contribution >= 0.6 is 0 Å². The Balaban J connectivity index is 1.93. The fourth-order valence-corrected chi connectivity index (χ4v) is 2.71. The molecule has 1 aromatic heterocycles. The molecule has 1 aromatic carbocycles. The molecule has 0 fully saturated rings. The summed E-state index contributed by atoms with van der Waals surface area (Å²) in [5.74, 6) is 1.65. The largest absolute Gasteiger partial charge is 0.464 e. The lowest BCUT2D eigenvalue weighted by Crippen LogP contribution is -2.23. The standard InChI is InChI=1S/C17H20N2O2/c1-2-13-7-8-15(21-13)16(18)12-6-5-11-4-3-9-19-17(20)14(11)10-12/h5-8,10,16H,2-4,9,18H2,1H3,(H,19,20). The van der Waals surface area contributed by atoms with Crippen LogP contribution in [0.5, 0.6) is 0 Å². The van der Waals surface area contributed by atoms with Crippen LogP contribution in [0.15, 0.2) is 34.7 Å². The minimum absolute atomic E-state index is 0.00904. The lowest BCUT2D eigenvalue weighted by molar-refractivity contribution is 0.0956. The first-order valence-corrected chi connectivity index (χ1v) is 7.44. The van der Waals surface area contributed by atoms with E-state index in [2.05, 4.69) is 5.32 Å². The van der Waals surface area contributed by atoms with Crippen molar-refractivity contribution in [1.82, 2.24) is 5.32 Å². The molecule has 1 atom stereocenters. The summed E-state index contributed by atoms with van der Waals surface area (Å²) in [7, 11) is 0. The fraction of sp³-hybridized carbons (Fsp3) is 0.353. The van der Waals surface area contributed by atoms with Crippen molar-refractivity contribution in [3.05, 3.63) is 58.5 Å². The molecule has 0 aliphatic carbocycles. The molecule has 1 unspecified atom stereocenters. The Kier molecular flexibility index (Phi) is 3.80. The third kappa shape index (κ3) is 2.72. The van der Waals surface area contributed by atoms with Crippen LogP contribution < -0.4 is 11.1 Å². The Labute approximate surface area is 124 Å². The summed E-state index contributed by atoms with van der Waals surface area (Å²) >= 11 is 0. The van der Waals surface area contributed by atoms with Crippen LogP contribution in [-0.2, 0) is 12.8 Å². The fourth-order valence-electron chi connectivity index (χ4n) is 2.71. The third-order valence-corrected chi connectivity index (χ3v) is 3.98. The molecule has 0 saturated heterocycles. The Morgan fingerprint density at radius 2 is 2.19 bits per heavy atom. The summed E-state index contributed by atoms with van der Waals surface area (Å²) in [6.45, 7) is 2.77. The molecular weight excluding hydrogens is 264 g/mol. The number of fused-ring (bicyclic) bond motifs is 1. The van der Waals surface area contributed by atoms with E-state index in [4.69, 9.17) is 10.2 Å². The van der Waals surface area contributed by atoms with Crippen molar-refractivity contribution in [3.63, 3.8) is 0 Å². The lowest BCUT2D eigenvalue weighted by Gasteiger charge is -2.12. The number of aryl methyl sites for hydroxylation is 2. The molecule has 0 radical (unpaired) electrons. The van der Waals surface area contributed by atoms with Gasteiger partial charge >= 0.3 is 0 Å². The van der Waals surface area contributed by atoms with Crippen LogP contribution in [0.4, 0.5) is 0 Å². The van der Waals surface area contributed by atoms with E-state index in [1.54, 1.807) is 0 Å². The monoisotopic (exact) mass is 284 g/mol. The van der Waals surface area contributed by atoms with Crippen LogP contribution in [0.3, 0.4) is 0 Å². The van der Waals surface area contributed by atoms with E-state index in [1.807, 2.05) is 37.3 Å². The average molecular weight is 284 g/mol. The lowest BCUT2D eigenvalue weighted by atomic mass is 9.97. The van der Waals surface area contributed by atoms with E-state index in [-0.39, 0.29) is 11.9 Å². The number of rotatable bonds is 3. The first-order chi connectivity index (χ1) is 10.2. The minimum atomic E-state index is -0.341. The highest BCUT2D eigenvalue weighted by Gasteiger charge is 2.19. The van der Waals surface area contributed by atoms with Gasteiger partial charge in [0.2, 0.25) is 0 Å². The Morgan fingerprint density at radius 1 is 1.33 bits per heavy atom. The van der Waals surface area contributed by atoms with Gasteiger partial charge in [0.05, 0.1) is 6.04 Å². The number of carbonyl (C=O) groups excluding carboxylic acids is 1. The molecular formula is C17H20N2O2. The van der Waals surface area contributed by atoms with Gasteiger partial charge in [-0.05, 0) is 42.2 Å². The van der Waals surface area contributed by atoms with Crippen molar-refractivity contribution >= 4 is 5.91 Å². The van der Waals surface area contributed by atoms with Gasteiger partial charge < -0.3 is 15.5 Å². The van der Waals surface area contributed by atoms with Crippen molar-refractivity contribution < 1.29 is 9.21 Å². The Bertz CT molecular complexity index is 661. The van der Waals surface area contributed by atoms with Crippen molar-refractivity contribution in [1.29, 1.82) is 0 Å². The second-order valence-electron chi connectivity index (χ2n) is 5.41. The Hall–Kier alpha value is -2.07. The summed E-state index contributed by atoms with van der Waals surface area (Å²) < 4.78 is 5.72. The number of carbonyl (C=O) groups is 1. The zero-order valence-corrected chi connectivity index (χ0v) is 12.2. The quantitative estimate of drug-likeness (QED) is 0.910. The highest BCUT2D eigenvalue weighted by atomic mass is 16.3. The maximum Gasteiger partial charge on any atom is 0.251 e. The average Bonchev–Trinajstić information content (AvgIpc) is 2.92. The molecule has 21 heavy (non-hydrogen) atoms. The molecule has 1 aliphatic rings. The van der Waals surface area contributed by atoms with E-state index >= 15 is 0 Å². The zero-order chi connectivity index (χ0) is 14.8. The number of amides is 1.